The first kappa shape index (κ1) is 15.3. The average Bonchev–Trinajstić information content (AvgIpc) is 3.01. The maximum Gasteiger partial charge on any atom is 0.239 e. The zero-order chi connectivity index (χ0) is 14.7. The van der Waals surface area contributed by atoms with Crippen molar-refractivity contribution in [3.05, 3.63) is 0 Å². The van der Waals surface area contributed by atoms with Crippen LogP contribution in [-0.4, -0.2) is 48.2 Å². The van der Waals surface area contributed by atoms with Crippen molar-refractivity contribution in [2.24, 2.45) is 0 Å². The molecule has 1 spiro atoms. The highest BCUT2D eigenvalue weighted by Gasteiger charge is 2.39. The van der Waals surface area contributed by atoms with E-state index < -0.39 is 0 Å². The highest BCUT2D eigenvalue weighted by molar-refractivity contribution is 5.81. The van der Waals surface area contributed by atoms with Crippen molar-refractivity contribution in [2.75, 3.05) is 19.7 Å². The molecule has 3 fully saturated rings. The normalized spacial score (nSPS) is 30.5. The monoisotopic (exact) mass is 294 g/mol. The third-order valence-corrected chi connectivity index (χ3v) is 5.53. The summed E-state index contributed by atoms with van der Waals surface area (Å²) in [5.41, 5.74) is 0.116. The first-order valence-electron chi connectivity index (χ1n) is 8.87. The van der Waals surface area contributed by atoms with Crippen LogP contribution in [0.1, 0.15) is 64.7 Å². The van der Waals surface area contributed by atoms with Crippen molar-refractivity contribution < 1.29 is 9.53 Å². The minimum Gasteiger partial charge on any atom is -0.375 e. The minimum atomic E-state index is -0.0492. The van der Waals surface area contributed by atoms with Gasteiger partial charge in [-0.3, -0.25) is 4.79 Å². The molecule has 0 radical (unpaired) electrons. The maximum atomic E-state index is 12.4. The summed E-state index contributed by atoms with van der Waals surface area (Å²) in [6.07, 6.45) is 10.8. The van der Waals surface area contributed by atoms with Crippen LogP contribution in [0, 0.1) is 0 Å². The van der Waals surface area contributed by atoms with E-state index >= 15 is 0 Å². The van der Waals surface area contributed by atoms with Crippen molar-refractivity contribution >= 4 is 5.91 Å². The highest BCUT2D eigenvalue weighted by Crippen LogP contribution is 2.38. The Morgan fingerprint density at radius 3 is 2.62 bits per heavy atom. The molecule has 4 heteroatoms. The van der Waals surface area contributed by atoms with E-state index in [0.717, 1.165) is 32.5 Å². The number of ether oxygens (including phenoxy) is 1. The van der Waals surface area contributed by atoms with Gasteiger partial charge in [0.25, 0.3) is 0 Å². The zero-order valence-corrected chi connectivity index (χ0v) is 13.4. The van der Waals surface area contributed by atoms with E-state index in [1.54, 1.807) is 0 Å². The van der Waals surface area contributed by atoms with Crippen LogP contribution in [-0.2, 0) is 9.53 Å². The Balaban J connectivity index is 1.52. The first-order valence-corrected chi connectivity index (χ1v) is 8.87. The van der Waals surface area contributed by atoms with Gasteiger partial charge >= 0.3 is 0 Å². The lowest BCUT2D eigenvalue weighted by atomic mass is 9.78. The van der Waals surface area contributed by atoms with Crippen molar-refractivity contribution in [3.63, 3.8) is 0 Å². The third kappa shape index (κ3) is 3.59. The van der Waals surface area contributed by atoms with E-state index in [2.05, 4.69) is 5.32 Å². The predicted octanol–water partition coefficient (Wildman–Crippen LogP) is 2.47. The van der Waals surface area contributed by atoms with Crippen LogP contribution >= 0.6 is 0 Å². The van der Waals surface area contributed by atoms with Crippen LogP contribution < -0.4 is 5.32 Å². The van der Waals surface area contributed by atoms with Crippen LogP contribution in [0.4, 0.5) is 0 Å². The quantitative estimate of drug-likeness (QED) is 0.869. The second-order valence-corrected chi connectivity index (χ2v) is 7.20. The number of hydrogen-bond acceptors (Lipinski definition) is 3. The molecule has 3 aliphatic rings. The molecule has 2 heterocycles. The number of likely N-dealkylation sites (tertiary alicyclic amines) is 1. The SMILES string of the molecule is CC(NC1CCOC2(CCCCC2)C1)C(=O)N1CCCC1. The lowest BCUT2D eigenvalue weighted by Gasteiger charge is -2.44. The molecule has 2 saturated heterocycles. The number of amides is 1. The standard InChI is InChI=1S/C17H30N2O2/c1-14(16(20)19-10-5-6-11-19)18-15-7-12-21-17(13-15)8-3-2-4-9-17/h14-15,18H,2-13H2,1H3. The molecule has 1 saturated carbocycles. The Morgan fingerprint density at radius 1 is 1.19 bits per heavy atom. The van der Waals surface area contributed by atoms with Crippen molar-refractivity contribution in [2.45, 2.75) is 82.4 Å². The van der Waals surface area contributed by atoms with Crippen LogP contribution in [0.2, 0.25) is 0 Å². The number of carbonyl (C=O) groups is 1. The summed E-state index contributed by atoms with van der Waals surface area (Å²) in [5.74, 6) is 0.289. The van der Waals surface area contributed by atoms with Crippen molar-refractivity contribution in [1.82, 2.24) is 10.2 Å². The van der Waals surface area contributed by atoms with Gasteiger partial charge in [0.15, 0.2) is 0 Å². The Hall–Kier alpha value is -0.610. The van der Waals surface area contributed by atoms with Crippen LogP contribution in [0.25, 0.3) is 0 Å². The molecule has 2 atom stereocenters. The molecule has 0 aromatic carbocycles. The van der Waals surface area contributed by atoms with Crippen molar-refractivity contribution in [1.29, 1.82) is 0 Å². The van der Waals surface area contributed by atoms with Gasteiger partial charge in [-0.05, 0) is 45.4 Å². The van der Waals surface area contributed by atoms with Gasteiger partial charge in [-0.25, -0.2) is 0 Å². The largest absolute Gasteiger partial charge is 0.375 e. The van der Waals surface area contributed by atoms with E-state index in [4.69, 9.17) is 4.74 Å². The number of hydrogen-bond donors (Lipinski definition) is 1. The van der Waals surface area contributed by atoms with Crippen LogP contribution in [0.5, 0.6) is 0 Å². The first-order chi connectivity index (χ1) is 10.2. The van der Waals surface area contributed by atoms with Crippen LogP contribution in [0.15, 0.2) is 0 Å². The molecule has 120 valence electrons. The van der Waals surface area contributed by atoms with Crippen molar-refractivity contribution in [3.8, 4) is 0 Å². The summed E-state index contributed by atoms with van der Waals surface area (Å²) in [4.78, 5) is 14.4. The Morgan fingerprint density at radius 2 is 1.90 bits per heavy atom. The lowest BCUT2D eigenvalue weighted by Crippen LogP contribution is -2.53. The van der Waals surface area contributed by atoms with E-state index in [-0.39, 0.29) is 17.6 Å². The Kier molecular flexibility index (Phi) is 4.85. The lowest BCUT2D eigenvalue weighted by molar-refractivity contribution is -0.134. The molecule has 21 heavy (non-hydrogen) atoms. The zero-order valence-electron chi connectivity index (χ0n) is 13.4. The van der Waals surface area contributed by atoms with Crippen LogP contribution in [0.3, 0.4) is 0 Å². The fourth-order valence-corrected chi connectivity index (χ4v) is 4.35. The maximum absolute atomic E-state index is 12.4. The molecule has 2 aliphatic heterocycles. The number of carbonyl (C=O) groups excluding carboxylic acids is 1. The Labute approximate surface area is 128 Å². The average molecular weight is 294 g/mol. The van der Waals surface area contributed by atoms with Gasteiger partial charge in [-0.2, -0.15) is 0 Å². The number of nitrogens with one attached hydrogen (secondary N) is 1. The molecule has 1 aliphatic carbocycles. The second-order valence-electron chi connectivity index (χ2n) is 7.20. The molecule has 1 N–H and O–H groups in total. The summed E-state index contributed by atoms with van der Waals surface area (Å²) >= 11 is 0. The molecule has 0 aromatic heterocycles. The molecule has 3 rings (SSSR count). The molecule has 4 nitrogen and oxygen atoms in total. The topological polar surface area (TPSA) is 41.6 Å². The highest BCUT2D eigenvalue weighted by atomic mass is 16.5. The van der Waals surface area contributed by atoms with Gasteiger partial charge in [-0.15, -0.1) is 0 Å². The smallest absolute Gasteiger partial charge is 0.239 e. The second kappa shape index (κ2) is 6.66. The van der Waals surface area contributed by atoms with E-state index in [1.165, 1.54) is 44.9 Å². The summed E-state index contributed by atoms with van der Waals surface area (Å²) < 4.78 is 6.14. The molecular weight excluding hydrogens is 264 g/mol. The molecule has 0 aromatic rings. The minimum absolute atomic E-state index is 0.0492. The van der Waals surface area contributed by atoms with E-state index in [0.29, 0.717) is 6.04 Å². The number of nitrogens with zero attached hydrogens (tertiary/aromatic N) is 1. The number of rotatable bonds is 3. The predicted molar refractivity (Wildman–Crippen MR) is 83.2 cm³/mol. The molecular formula is C17H30N2O2. The third-order valence-electron chi connectivity index (χ3n) is 5.53. The van der Waals surface area contributed by atoms with Gasteiger partial charge in [0.2, 0.25) is 5.91 Å². The van der Waals surface area contributed by atoms with Gasteiger partial charge in [0, 0.05) is 25.7 Å². The summed E-state index contributed by atoms with van der Waals surface area (Å²) in [6, 6.07) is 0.394. The van der Waals surface area contributed by atoms with Gasteiger partial charge in [0.05, 0.1) is 11.6 Å². The van der Waals surface area contributed by atoms with E-state index in [9.17, 15) is 4.79 Å². The molecule has 0 bridgehead atoms. The Bertz CT molecular complexity index is 354. The van der Waals surface area contributed by atoms with E-state index in [1.807, 2.05) is 11.8 Å². The fraction of sp³-hybridized carbons (Fsp3) is 0.941. The van der Waals surface area contributed by atoms with Gasteiger partial charge in [0.1, 0.15) is 0 Å². The molecule has 1 amide bonds. The summed E-state index contributed by atoms with van der Waals surface area (Å²) in [7, 11) is 0. The summed E-state index contributed by atoms with van der Waals surface area (Å²) in [5, 5.41) is 3.60. The molecule has 2 unspecified atom stereocenters. The van der Waals surface area contributed by atoms with Gasteiger partial charge < -0.3 is 15.0 Å². The fourth-order valence-electron chi connectivity index (χ4n) is 4.35. The van der Waals surface area contributed by atoms with Gasteiger partial charge in [-0.1, -0.05) is 19.3 Å². The summed E-state index contributed by atoms with van der Waals surface area (Å²) in [6.45, 7) is 4.77.